The molecule has 0 bridgehead atoms. The van der Waals surface area contributed by atoms with Crippen molar-refractivity contribution in [3.8, 4) is 0 Å². The second kappa shape index (κ2) is 10.7. The second-order valence-corrected chi connectivity index (χ2v) is 7.33. The predicted octanol–water partition coefficient (Wildman–Crippen LogP) is 2.49. The minimum absolute atomic E-state index is 0.0742. The first-order chi connectivity index (χ1) is 13.4. The third kappa shape index (κ3) is 7.59. The van der Waals surface area contributed by atoms with E-state index in [2.05, 4.69) is 24.4 Å². The van der Waals surface area contributed by atoms with E-state index in [-0.39, 0.29) is 17.6 Å². The van der Waals surface area contributed by atoms with Gasteiger partial charge in [0.25, 0.3) is 11.8 Å². The predicted molar refractivity (Wildman–Crippen MR) is 105 cm³/mol. The lowest BCUT2D eigenvalue weighted by molar-refractivity contribution is -0.223. The Bertz CT molecular complexity index is 703. The summed E-state index contributed by atoms with van der Waals surface area (Å²) < 4.78 is 11.3. The summed E-state index contributed by atoms with van der Waals surface area (Å²) in [7, 11) is 0. The van der Waals surface area contributed by atoms with Crippen LogP contribution in [-0.2, 0) is 14.3 Å². The van der Waals surface area contributed by atoms with Gasteiger partial charge >= 0.3 is 0 Å². The first-order valence-electron chi connectivity index (χ1n) is 9.17. The van der Waals surface area contributed by atoms with E-state index in [1.165, 1.54) is 17.6 Å². The van der Waals surface area contributed by atoms with Crippen molar-refractivity contribution in [3.63, 3.8) is 0 Å². The van der Waals surface area contributed by atoms with Gasteiger partial charge < -0.3 is 9.47 Å². The number of nitrogens with zero attached hydrogens (tertiary/aromatic N) is 1. The largest absolute Gasteiger partial charge is 0.352 e. The summed E-state index contributed by atoms with van der Waals surface area (Å²) in [4.78, 5) is 23.0. The lowest BCUT2D eigenvalue weighted by Crippen LogP contribution is -2.37. The molecule has 8 heteroatoms. The van der Waals surface area contributed by atoms with Gasteiger partial charge in [0.1, 0.15) is 0 Å². The summed E-state index contributed by atoms with van der Waals surface area (Å²) in [6, 6.07) is 6.62. The maximum Gasteiger partial charge on any atom is 0.271 e. The standard InChI is InChI=1S/C20H27N3O5/c1-20(2)13-27-18(28-14-20)5-3-4-12-21-22-19(25)16-9-6-15(7-10-16)8-11-17(24)23-26/h6-12,18,26H,3-5,13-14H2,1-2H3,(H,22,25)(H,23,24). The van der Waals surface area contributed by atoms with E-state index in [1.54, 1.807) is 30.5 Å². The van der Waals surface area contributed by atoms with Crippen molar-refractivity contribution in [2.75, 3.05) is 13.2 Å². The molecule has 0 aromatic heterocycles. The van der Waals surface area contributed by atoms with E-state index in [9.17, 15) is 9.59 Å². The highest BCUT2D eigenvalue weighted by atomic mass is 16.7. The van der Waals surface area contributed by atoms with E-state index in [0.717, 1.165) is 18.4 Å². The lowest BCUT2D eigenvalue weighted by Gasteiger charge is -2.34. The molecule has 2 rings (SSSR count). The van der Waals surface area contributed by atoms with Gasteiger partial charge in [0.05, 0.1) is 13.2 Å². The number of hydrogen-bond acceptors (Lipinski definition) is 6. The van der Waals surface area contributed by atoms with Crippen LogP contribution in [0.25, 0.3) is 6.08 Å². The minimum Gasteiger partial charge on any atom is -0.352 e. The fourth-order valence-corrected chi connectivity index (χ4v) is 2.46. The Morgan fingerprint density at radius 1 is 1.25 bits per heavy atom. The molecule has 3 N–H and O–H groups in total. The summed E-state index contributed by atoms with van der Waals surface area (Å²) in [6.07, 6.45) is 6.56. The third-order valence-electron chi connectivity index (χ3n) is 4.06. The molecule has 8 nitrogen and oxygen atoms in total. The minimum atomic E-state index is -0.624. The molecular weight excluding hydrogens is 362 g/mol. The molecule has 1 aromatic carbocycles. The van der Waals surface area contributed by atoms with Crippen LogP contribution >= 0.6 is 0 Å². The van der Waals surface area contributed by atoms with Gasteiger partial charge in [-0.05, 0) is 43.0 Å². The molecule has 0 unspecified atom stereocenters. The first-order valence-corrected chi connectivity index (χ1v) is 9.17. The van der Waals surface area contributed by atoms with Crippen LogP contribution in [0.2, 0.25) is 0 Å². The summed E-state index contributed by atoms with van der Waals surface area (Å²) in [6.45, 7) is 5.62. The molecule has 152 valence electrons. The van der Waals surface area contributed by atoms with Crippen LogP contribution in [0.5, 0.6) is 0 Å². The number of nitrogens with one attached hydrogen (secondary N) is 2. The number of carbonyl (C=O) groups excluding carboxylic acids is 2. The van der Waals surface area contributed by atoms with E-state index >= 15 is 0 Å². The quantitative estimate of drug-likeness (QED) is 0.208. The van der Waals surface area contributed by atoms with Crippen LogP contribution < -0.4 is 10.9 Å². The molecule has 1 saturated heterocycles. The monoisotopic (exact) mass is 389 g/mol. The molecule has 1 fully saturated rings. The molecule has 1 aliphatic rings. The Kier molecular flexibility index (Phi) is 8.31. The van der Waals surface area contributed by atoms with Crippen molar-refractivity contribution >= 4 is 24.1 Å². The smallest absolute Gasteiger partial charge is 0.271 e. The highest BCUT2D eigenvalue weighted by Crippen LogP contribution is 2.24. The molecular formula is C20H27N3O5. The summed E-state index contributed by atoms with van der Waals surface area (Å²) in [5, 5.41) is 12.4. The van der Waals surface area contributed by atoms with Gasteiger partial charge in [0.15, 0.2) is 6.29 Å². The number of ether oxygens (including phenoxy) is 2. The number of rotatable bonds is 8. The van der Waals surface area contributed by atoms with Gasteiger partial charge in [-0.3, -0.25) is 14.8 Å². The van der Waals surface area contributed by atoms with Crippen LogP contribution in [-0.4, -0.2) is 42.7 Å². The van der Waals surface area contributed by atoms with Crippen molar-refractivity contribution < 1.29 is 24.3 Å². The van der Waals surface area contributed by atoms with Gasteiger partial charge in [-0.1, -0.05) is 26.0 Å². The van der Waals surface area contributed by atoms with E-state index in [1.807, 2.05) is 0 Å². The highest BCUT2D eigenvalue weighted by Gasteiger charge is 2.27. The van der Waals surface area contributed by atoms with Crippen LogP contribution in [0.3, 0.4) is 0 Å². The highest BCUT2D eigenvalue weighted by molar-refractivity contribution is 5.95. The van der Waals surface area contributed by atoms with Gasteiger partial charge in [-0.25, -0.2) is 10.9 Å². The Hall–Kier alpha value is -2.55. The first kappa shape index (κ1) is 21.7. The fraction of sp³-hybridized carbons (Fsp3) is 0.450. The Labute approximate surface area is 164 Å². The zero-order valence-corrected chi connectivity index (χ0v) is 16.2. The van der Waals surface area contributed by atoms with Crippen molar-refractivity contribution in [1.82, 2.24) is 10.9 Å². The summed E-state index contributed by atoms with van der Waals surface area (Å²) in [5.74, 6) is -0.942. The molecule has 2 amide bonds. The third-order valence-corrected chi connectivity index (χ3v) is 4.06. The number of hydrogen-bond donors (Lipinski definition) is 3. The molecule has 0 aliphatic carbocycles. The van der Waals surface area contributed by atoms with Crippen LogP contribution in [0.15, 0.2) is 35.4 Å². The van der Waals surface area contributed by atoms with Crippen molar-refractivity contribution in [2.24, 2.45) is 10.5 Å². The van der Waals surface area contributed by atoms with Gasteiger partial charge in [0, 0.05) is 23.3 Å². The van der Waals surface area contributed by atoms with Crippen molar-refractivity contribution in [1.29, 1.82) is 0 Å². The number of hydroxylamine groups is 1. The van der Waals surface area contributed by atoms with Crippen LogP contribution in [0.4, 0.5) is 0 Å². The fourth-order valence-electron chi connectivity index (χ4n) is 2.46. The molecule has 0 spiro atoms. The Balaban J connectivity index is 1.66. The van der Waals surface area contributed by atoms with Gasteiger partial charge in [-0.2, -0.15) is 5.10 Å². The second-order valence-electron chi connectivity index (χ2n) is 7.33. The average molecular weight is 389 g/mol. The summed E-state index contributed by atoms with van der Waals surface area (Å²) >= 11 is 0. The number of amides is 2. The van der Waals surface area contributed by atoms with Crippen LogP contribution in [0.1, 0.15) is 49.0 Å². The number of benzene rings is 1. The molecule has 0 saturated carbocycles. The molecule has 1 aromatic rings. The molecule has 0 radical (unpaired) electrons. The normalized spacial score (nSPS) is 17.1. The van der Waals surface area contributed by atoms with Crippen molar-refractivity contribution in [3.05, 3.63) is 41.5 Å². The molecule has 1 heterocycles. The van der Waals surface area contributed by atoms with Crippen LogP contribution in [0, 0.1) is 5.41 Å². The zero-order chi connectivity index (χ0) is 20.4. The molecule has 0 atom stereocenters. The van der Waals surface area contributed by atoms with E-state index in [0.29, 0.717) is 25.2 Å². The number of unbranched alkanes of at least 4 members (excludes halogenated alkanes) is 1. The average Bonchev–Trinajstić information content (AvgIpc) is 2.70. The van der Waals surface area contributed by atoms with Crippen molar-refractivity contribution in [2.45, 2.75) is 39.4 Å². The molecule has 28 heavy (non-hydrogen) atoms. The SMILES string of the molecule is CC1(C)COC(CCCC=NNC(=O)c2ccc(C=CC(=O)NO)cc2)OC1. The number of hydrazone groups is 1. The van der Waals surface area contributed by atoms with E-state index < -0.39 is 5.91 Å². The zero-order valence-electron chi connectivity index (χ0n) is 16.2. The maximum atomic E-state index is 12.0. The lowest BCUT2D eigenvalue weighted by atomic mass is 9.95. The maximum absolute atomic E-state index is 12.0. The Morgan fingerprint density at radius 3 is 2.57 bits per heavy atom. The topological polar surface area (TPSA) is 109 Å². The Morgan fingerprint density at radius 2 is 1.93 bits per heavy atom. The molecule has 1 aliphatic heterocycles. The number of carbonyl (C=O) groups is 2. The van der Waals surface area contributed by atoms with E-state index in [4.69, 9.17) is 14.7 Å². The summed E-state index contributed by atoms with van der Waals surface area (Å²) in [5.41, 5.74) is 5.23. The van der Waals surface area contributed by atoms with Gasteiger partial charge in [-0.15, -0.1) is 0 Å². The van der Waals surface area contributed by atoms with Gasteiger partial charge in [0.2, 0.25) is 0 Å².